The van der Waals surface area contributed by atoms with Gasteiger partial charge in [0.15, 0.2) is 0 Å². The summed E-state index contributed by atoms with van der Waals surface area (Å²) in [7, 11) is -2.13. The van der Waals surface area contributed by atoms with Gasteiger partial charge in [0, 0.05) is 40.2 Å². The van der Waals surface area contributed by atoms with Gasteiger partial charge >= 0.3 is 0 Å². The molecule has 6 rings (SSSR count). The number of benzene rings is 6. The molecule has 1 radical (unpaired) electrons. The predicted octanol–water partition coefficient (Wildman–Crippen LogP) is 8.83. The molecule has 0 bridgehead atoms. The predicted molar refractivity (Wildman–Crippen MR) is 214 cm³/mol. The minimum Gasteiger partial charge on any atom is -0.181 e. The minimum absolute atomic E-state index is 0. The van der Waals surface area contributed by atoms with E-state index in [2.05, 4.69) is 158 Å². The standard InChI is InChI=1S/C36H37P3.C7H7.Rh/c1-6-18-32(19-7-1)37(28-16-30-38(33-20-8-2-9-21-33)34-22-10-3-11-23-34)29-17-31-39(35-24-12-4-13-25-35)36-26-14-5-15-27-36;1-7-5-3-2-4-6-7;/h1-15,18-27H,16-17,28-31H2;2-5H,1H3;/q;-1;/p+3. The summed E-state index contributed by atoms with van der Waals surface area (Å²) < 4.78 is 0. The summed E-state index contributed by atoms with van der Waals surface area (Å²) in [6.07, 6.45) is 7.97. The Kier molecular flexibility index (Phi) is 16.8. The first kappa shape index (κ1) is 37.1. The molecule has 0 saturated heterocycles. The fourth-order valence-corrected chi connectivity index (χ4v) is 14.7. The molecule has 0 nitrogen and oxygen atoms in total. The van der Waals surface area contributed by atoms with Crippen molar-refractivity contribution in [3.05, 3.63) is 188 Å². The quantitative estimate of drug-likeness (QED) is 0.0628. The maximum absolute atomic E-state index is 3.03. The van der Waals surface area contributed by atoms with Gasteiger partial charge in [-0.3, -0.25) is 0 Å². The third kappa shape index (κ3) is 12.3. The van der Waals surface area contributed by atoms with Gasteiger partial charge < -0.3 is 0 Å². The van der Waals surface area contributed by atoms with Crippen molar-refractivity contribution in [3.63, 3.8) is 0 Å². The summed E-state index contributed by atoms with van der Waals surface area (Å²) >= 11 is 0. The van der Waals surface area contributed by atoms with E-state index in [0.717, 1.165) is 0 Å². The zero-order valence-corrected chi connectivity index (χ0v) is 32.0. The first-order valence-corrected chi connectivity index (χ1v) is 21.9. The van der Waals surface area contributed by atoms with Crippen molar-refractivity contribution in [2.75, 3.05) is 24.6 Å². The van der Waals surface area contributed by atoms with Gasteiger partial charge in [0.05, 0.1) is 67.0 Å². The van der Waals surface area contributed by atoms with Crippen LogP contribution in [-0.4, -0.2) is 24.6 Å². The molecular formula is C43H47P3Rh+2. The monoisotopic (exact) mass is 759 g/mol. The molecule has 0 aliphatic carbocycles. The van der Waals surface area contributed by atoms with Gasteiger partial charge in [-0.05, 0) is 60.7 Å². The van der Waals surface area contributed by atoms with Gasteiger partial charge in [-0.25, -0.2) is 0 Å². The maximum atomic E-state index is 3.03. The smallest absolute Gasteiger partial charge is 0.0966 e. The Bertz CT molecular complexity index is 1470. The van der Waals surface area contributed by atoms with Crippen LogP contribution in [0.3, 0.4) is 0 Å². The van der Waals surface area contributed by atoms with Crippen LogP contribution >= 0.6 is 23.8 Å². The van der Waals surface area contributed by atoms with Crippen LogP contribution < -0.4 is 26.5 Å². The maximum Gasteiger partial charge on any atom is 0.0966 e. The number of aryl methyl sites for hydroxylation is 1. The molecule has 0 aliphatic heterocycles. The second kappa shape index (κ2) is 21.3. The molecule has 0 N–H and O–H groups in total. The topological polar surface area (TPSA) is 0 Å². The Morgan fingerprint density at radius 3 is 0.979 bits per heavy atom. The number of hydrogen-bond donors (Lipinski definition) is 0. The Balaban J connectivity index is 0.000000555. The molecule has 4 heteroatoms. The molecular weight excluding hydrogens is 712 g/mol. The van der Waals surface area contributed by atoms with E-state index in [0.29, 0.717) is 0 Å². The van der Waals surface area contributed by atoms with Gasteiger partial charge in [0.2, 0.25) is 0 Å². The van der Waals surface area contributed by atoms with E-state index in [1.807, 2.05) is 31.2 Å². The van der Waals surface area contributed by atoms with Crippen LogP contribution in [0.5, 0.6) is 0 Å². The van der Waals surface area contributed by atoms with E-state index in [1.54, 1.807) is 26.5 Å². The summed E-state index contributed by atoms with van der Waals surface area (Å²) in [6.45, 7) is 2.03. The van der Waals surface area contributed by atoms with Gasteiger partial charge in [0.25, 0.3) is 0 Å². The Hall–Kier alpha value is -2.77. The Morgan fingerprint density at radius 2 is 0.702 bits per heavy atom. The van der Waals surface area contributed by atoms with Crippen molar-refractivity contribution in [1.82, 2.24) is 0 Å². The van der Waals surface area contributed by atoms with Crippen LogP contribution in [-0.2, 0) is 19.5 Å². The van der Waals surface area contributed by atoms with Crippen molar-refractivity contribution in [2.24, 2.45) is 0 Å². The summed E-state index contributed by atoms with van der Waals surface area (Å²) in [5, 5.41) is 7.78. The van der Waals surface area contributed by atoms with Crippen molar-refractivity contribution in [1.29, 1.82) is 0 Å². The van der Waals surface area contributed by atoms with E-state index in [9.17, 15) is 0 Å². The second-order valence-electron chi connectivity index (χ2n) is 11.6. The number of hydrogen-bond acceptors (Lipinski definition) is 0. The van der Waals surface area contributed by atoms with Crippen molar-refractivity contribution >= 4 is 50.3 Å². The summed E-state index contributed by atoms with van der Waals surface area (Å²) in [5.41, 5.74) is 1.20. The SMILES string of the molecule is Cc1[c-]cccc1.[Rh].c1ccc([PH+](CCC[PH+](c2ccccc2)c2ccccc2)CCC[PH+](c2ccccc2)c2ccccc2)cc1. The fraction of sp³-hybridized carbons (Fsp3) is 0.163. The summed E-state index contributed by atoms with van der Waals surface area (Å²) in [4.78, 5) is 0. The average molecular weight is 760 g/mol. The molecule has 0 spiro atoms. The van der Waals surface area contributed by atoms with Crippen LogP contribution in [0.4, 0.5) is 0 Å². The van der Waals surface area contributed by atoms with Crippen LogP contribution in [0.2, 0.25) is 0 Å². The van der Waals surface area contributed by atoms with E-state index < -0.39 is 23.8 Å². The van der Waals surface area contributed by atoms with Gasteiger partial charge in [0.1, 0.15) is 0 Å². The van der Waals surface area contributed by atoms with E-state index in [4.69, 9.17) is 0 Å². The van der Waals surface area contributed by atoms with Crippen molar-refractivity contribution in [2.45, 2.75) is 19.8 Å². The first-order valence-electron chi connectivity index (χ1n) is 16.5. The van der Waals surface area contributed by atoms with Gasteiger partial charge in [-0.15, -0.1) is 0 Å². The molecule has 0 aromatic heterocycles. The summed E-state index contributed by atoms with van der Waals surface area (Å²) in [6, 6.07) is 67.4. The molecule has 0 saturated carbocycles. The molecule has 241 valence electrons. The molecule has 0 fully saturated rings. The van der Waals surface area contributed by atoms with E-state index in [-0.39, 0.29) is 19.5 Å². The van der Waals surface area contributed by atoms with Crippen molar-refractivity contribution in [3.8, 4) is 0 Å². The van der Waals surface area contributed by atoms with Crippen LogP contribution in [0.25, 0.3) is 0 Å². The molecule has 6 aromatic rings. The normalized spacial score (nSPS) is 10.7. The largest absolute Gasteiger partial charge is 0.181 e. The second-order valence-corrected chi connectivity index (χ2v) is 19.7. The third-order valence-electron chi connectivity index (χ3n) is 8.35. The minimum atomic E-state index is -0.760. The van der Waals surface area contributed by atoms with E-state index in [1.165, 1.54) is 43.1 Å². The molecule has 47 heavy (non-hydrogen) atoms. The summed E-state index contributed by atoms with van der Waals surface area (Å²) in [5.74, 6) is 0. The van der Waals surface area contributed by atoms with Crippen LogP contribution in [0.1, 0.15) is 18.4 Å². The average Bonchev–Trinajstić information content (AvgIpc) is 3.13. The zero-order chi connectivity index (χ0) is 31.7. The van der Waals surface area contributed by atoms with Crippen LogP contribution in [0, 0.1) is 13.0 Å². The fourth-order valence-electron chi connectivity index (χ4n) is 6.00. The van der Waals surface area contributed by atoms with Gasteiger partial charge in [-0.1, -0.05) is 97.9 Å². The molecule has 0 atom stereocenters. The Labute approximate surface area is 300 Å². The van der Waals surface area contributed by atoms with E-state index >= 15 is 0 Å². The molecule has 0 unspecified atom stereocenters. The molecule has 0 aliphatic rings. The Morgan fingerprint density at radius 1 is 0.383 bits per heavy atom. The zero-order valence-electron chi connectivity index (χ0n) is 27.3. The third-order valence-corrected chi connectivity index (χ3v) is 17.2. The van der Waals surface area contributed by atoms with Crippen LogP contribution in [0.15, 0.2) is 176 Å². The molecule has 0 heterocycles. The van der Waals surface area contributed by atoms with Gasteiger partial charge in [-0.2, -0.15) is 35.9 Å². The molecule has 6 aromatic carbocycles. The first-order chi connectivity index (χ1) is 22.8. The van der Waals surface area contributed by atoms with Crippen molar-refractivity contribution < 1.29 is 19.5 Å². The number of rotatable bonds is 13. The molecule has 0 amide bonds.